The first kappa shape index (κ1) is 16.0. The van der Waals surface area contributed by atoms with Gasteiger partial charge in [0.2, 0.25) is 0 Å². The van der Waals surface area contributed by atoms with Gasteiger partial charge < -0.3 is 15.1 Å². The molecule has 7 heteroatoms. The molecular formula is C13H22ClN3O2S. The minimum atomic E-state index is -0.916. The highest BCUT2D eigenvalue weighted by Gasteiger charge is 2.29. The molecule has 5 nitrogen and oxygen atoms in total. The fourth-order valence-corrected chi connectivity index (χ4v) is 3.59. The number of hydrogen-bond donors (Lipinski definition) is 2. The zero-order valence-electron chi connectivity index (χ0n) is 12.0. The fourth-order valence-electron chi connectivity index (χ4n) is 2.36. The van der Waals surface area contributed by atoms with Crippen molar-refractivity contribution in [3.63, 3.8) is 0 Å². The lowest BCUT2D eigenvalue weighted by Gasteiger charge is -2.24. The van der Waals surface area contributed by atoms with Crippen molar-refractivity contribution in [2.75, 3.05) is 38.7 Å². The van der Waals surface area contributed by atoms with Crippen LogP contribution < -0.4 is 4.90 Å². The van der Waals surface area contributed by atoms with Gasteiger partial charge in [0.25, 0.3) is 0 Å². The predicted octanol–water partition coefficient (Wildman–Crippen LogP) is 1.57. The van der Waals surface area contributed by atoms with E-state index in [0.717, 1.165) is 36.1 Å². The van der Waals surface area contributed by atoms with Gasteiger partial charge in [-0.2, -0.15) is 0 Å². The lowest BCUT2D eigenvalue weighted by molar-refractivity contribution is -0.0255. The SMILES string of the molecule is CN(C)c1nc(Cl)c(CN2CCC[C@@](O)(CO)CC2)s1. The van der Waals surface area contributed by atoms with Gasteiger partial charge in [-0.05, 0) is 25.8 Å². The molecule has 1 saturated heterocycles. The maximum absolute atomic E-state index is 10.2. The third-order valence-electron chi connectivity index (χ3n) is 3.69. The molecule has 0 aromatic carbocycles. The smallest absolute Gasteiger partial charge is 0.186 e. The summed E-state index contributed by atoms with van der Waals surface area (Å²) in [4.78, 5) is 9.62. The van der Waals surface area contributed by atoms with Crippen molar-refractivity contribution < 1.29 is 10.2 Å². The maximum Gasteiger partial charge on any atom is 0.186 e. The Kier molecular flexibility index (Phi) is 5.25. The molecule has 0 aliphatic carbocycles. The molecule has 1 aliphatic rings. The highest BCUT2D eigenvalue weighted by atomic mass is 35.5. The van der Waals surface area contributed by atoms with Crippen LogP contribution in [-0.4, -0.2) is 59.5 Å². The molecule has 2 N–H and O–H groups in total. The minimum Gasteiger partial charge on any atom is -0.393 e. The Hall–Kier alpha value is -0.400. The van der Waals surface area contributed by atoms with Gasteiger partial charge in [0.05, 0.1) is 17.1 Å². The van der Waals surface area contributed by atoms with Crippen LogP contribution >= 0.6 is 22.9 Å². The lowest BCUT2D eigenvalue weighted by atomic mass is 9.96. The van der Waals surface area contributed by atoms with E-state index in [2.05, 4.69) is 9.88 Å². The molecule has 2 rings (SSSR count). The van der Waals surface area contributed by atoms with E-state index >= 15 is 0 Å². The molecule has 2 heterocycles. The number of aliphatic hydroxyl groups is 2. The van der Waals surface area contributed by atoms with Crippen LogP contribution in [-0.2, 0) is 6.54 Å². The van der Waals surface area contributed by atoms with Crippen LogP contribution in [0.1, 0.15) is 24.1 Å². The first-order chi connectivity index (χ1) is 9.43. The standard InChI is InChI=1S/C13H22ClN3O2S/c1-16(2)12-15-11(14)10(20-12)8-17-6-3-4-13(19,9-18)5-7-17/h18-19H,3-9H2,1-2H3/t13-/m0/s1. The number of likely N-dealkylation sites (tertiary alicyclic amines) is 1. The number of nitrogens with zero attached hydrogens (tertiary/aromatic N) is 3. The number of hydrogen-bond acceptors (Lipinski definition) is 6. The molecule has 1 atom stereocenters. The van der Waals surface area contributed by atoms with Crippen LogP contribution in [0.3, 0.4) is 0 Å². The topological polar surface area (TPSA) is 59.8 Å². The van der Waals surface area contributed by atoms with Crippen molar-refractivity contribution in [2.45, 2.75) is 31.4 Å². The third kappa shape index (κ3) is 3.83. The van der Waals surface area contributed by atoms with Gasteiger partial charge in [0.15, 0.2) is 5.13 Å². The Morgan fingerprint density at radius 3 is 2.75 bits per heavy atom. The second kappa shape index (κ2) is 6.58. The normalized spacial score (nSPS) is 24.6. The van der Waals surface area contributed by atoms with Gasteiger partial charge in [-0.1, -0.05) is 22.9 Å². The van der Waals surface area contributed by atoms with E-state index in [4.69, 9.17) is 11.6 Å². The second-order valence-corrected chi connectivity index (χ2v) is 7.04. The molecule has 0 radical (unpaired) electrons. The number of aliphatic hydroxyl groups excluding tert-OH is 1. The first-order valence-corrected chi connectivity index (χ1v) is 8.01. The third-order valence-corrected chi connectivity index (χ3v) is 5.32. The summed E-state index contributed by atoms with van der Waals surface area (Å²) < 4.78 is 0. The summed E-state index contributed by atoms with van der Waals surface area (Å²) in [5.74, 6) is 0. The van der Waals surface area contributed by atoms with E-state index in [1.54, 1.807) is 11.3 Å². The molecule has 20 heavy (non-hydrogen) atoms. The van der Waals surface area contributed by atoms with E-state index in [9.17, 15) is 10.2 Å². The van der Waals surface area contributed by atoms with Crippen LogP contribution in [0.2, 0.25) is 5.15 Å². The Labute approximate surface area is 128 Å². The van der Waals surface area contributed by atoms with Crippen LogP contribution in [0.5, 0.6) is 0 Å². The number of rotatable bonds is 4. The molecule has 1 aromatic heterocycles. The molecule has 0 saturated carbocycles. The van der Waals surface area contributed by atoms with Gasteiger partial charge in [0, 0.05) is 27.2 Å². The van der Waals surface area contributed by atoms with Crippen molar-refractivity contribution in [1.29, 1.82) is 0 Å². The zero-order valence-corrected chi connectivity index (χ0v) is 13.5. The molecule has 0 spiro atoms. The molecule has 1 fully saturated rings. The van der Waals surface area contributed by atoms with E-state index in [-0.39, 0.29) is 6.61 Å². The quantitative estimate of drug-likeness (QED) is 0.882. The Balaban J connectivity index is 2.00. The lowest BCUT2D eigenvalue weighted by Crippen LogP contribution is -2.34. The van der Waals surface area contributed by atoms with Crippen LogP contribution in [0.4, 0.5) is 5.13 Å². The molecule has 0 unspecified atom stereocenters. The zero-order chi connectivity index (χ0) is 14.8. The molecule has 0 bridgehead atoms. The van der Waals surface area contributed by atoms with Gasteiger partial charge in [0.1, 0.15) is 5.15 Å². The molecule has 0 amide bonds. The minimum absolute atomic E-state index is 0.160. The summed E-state index contributed by atoms with van der Waals surface area (Å²) in [5, 5.41) is 20.9. The maximum atomic E-state index is 10.2. The number of thiazole rings is 1. The van der Waals surface area contributed by atoms with Crippen molar-refractivity contribution in [2.24, 2.45) is 0 Å². The highest BCUT2D eigenvalue weighted by molar-refractivity contribution is 7.16. The average Bonchev–Trinajstić information content (AvgIpc) is 2.66. The van der Waals surface area contributed by atoms with Gasteiger partial charge in [-0.3, -0.25) is 4.90 Å². The van der Waals surface area contributed by atoms with E-state index < -0.39 is 5.60 Å². The fraction of sp³-hybridized carbons (Fsp3) is 0.769. The van der Waals surface area contributed by atoms with Crippen LogP contribution in [0, 0.1) is 0 Å². The molecular weight excluding hydrogens is 298 g/mol. The van der Waals surface area contributed by atoms with E-state index in [1.807, 2.05) is 19.0 Å². The van der Waals surface area contributed by atoms with E-state index in [1.165, 1.54) is 0 Å². The van der Waals surface area contributed by atoms with Crippen molar-refractivity contribution >= 4 is 28.1 Å². The largest absolute Gasteiger partial charge is 0.393 e. The first-order valence-electron chi connectivity index (χ1n) is 6.82. The van der Waals surface area contributed by atoms with Gasteiger partial charge in [-0.25, -0.2) is 4.98 Å². The number of halogens is 1. The van der Waals surface area contributed by atoms with Crippen molar-refractivity contribution in [3.05, 3.63) is 10.0 Å². The van der Waals surface area contributed by atoms with Crippen molar-refractivity contribution in [3.8, 4) is 0 Å². The predicted molar refractivity (Wildman–Crippen MR) is 82.6 cm³/mol. The summed E-state index contributed by atoms with van der Waals surface area (Å²) in [6.07, 6.45) is 2.13. The summed E-state index contributed by atoms with van der Waals surface area (Å²) in [7, 11) is 3.90. The summed E-state index contributed by atoms with van der Waals surface area (Å²) in [5.41, 5.74) is -0.916. The Bertz CT molecular complexity index is 455. The second-order valence-electron chi connectivity index (χ2n) is 5.62. The summed E-state index contributed by atoms with van der Waals surface area (Å²) in [6.45, 7) is 2.27. The van der Waals surface area contributed by atoms with E-state index in [0.29, 0.717) is 18.0 Å². The number of aromatic nitrogens is 1. The van der Waals surface area contributed by atoms with Crippen molar-refractivity contribution in [1.82, 2.24) is 9.88 Å². The van der Waals surface area contributed by atoms with Crippen LogP contribution in [0.25, 0.3) is 0 Å². The Morgan fingerprint density at radius 1 is 1.40 bits per heavy atom. The van der Waals surface area contributed by atoms with Gasteiger partial charge in [-0.15, -0.1) is 0 Å². The number of anilines is 1. The molecule has 1 aliphatic heterocycles. The molecule has 114 valence electrons. The summed E-state index contributed by atoms with van der Waals surface area (Å²) in [6, 6.07) is 0. The Morgan fingerprint density at radius 2 is 2.15 bits per heavy atom. The molecule has 1 aromatic rings. The highest BCUT2D eigenvalue weighted by Crippen LogP contribution is 2.31. The monoisotopic (exact) mass is 319 g/mol. The summed E-state index contributed by atoms with van der Waals surface area (Å²) >= 11 is 7.79. The average molecular weight is 320 g/mol. The van der Waals surface area contributed by atoms with Crippen LogP contribution in [0.15, 0.2) is 0 Å². The van der Waals surface area contributed by atoms with Gasteiger partial charge >= 0.3 is 0 Å².